The van der Waals surface area contributed by atoms with E-state index in [-0.39, 0.29) is 60.2 Å². The molecule has 0 spiro atoms. The van der Waals surface area contributed by atoms with Crippen molar-refractivity contribution in [1.82, 2.24) is 0 Å². The number of benzene rings is 1. The number of ether oxygens (including phenoxy) is 1. The number of phenols is 1. The number of rotatable bonds is 16. The third-order valence-corrected chi connectivity index (χ3v) is 4.86. The molecule has 1 rings (SSSR count). The first kappa shape index (κ1) is 27.1. The Hall–Kier alpha value is 0.0614. The minimum absolute atomic E-state index is 0. The van der Waals surface area contributed by atoms with Crippen LogP contribution >= 0.6 is 0 Å². The van der Waals surface area contributed by atoms with E-state index in [4.69, 9.17) is 4.74 Å². The van der Waals surface area contributed by atoms with Crippen molar-refractivity contribution >= 4 is 54.9 Å². The summed E-state index contributed by atoms with van der Waals surface area (Å²) < 4.78 is 5.22. The predicted molar refractivity (Wildman–Crippen MR) is 117 cm³/mol. The fourth-order valence-electron chi connectivity index (χ4n) is 3.19. The normalized spacial score (nSPS) is 10.4. The molecule has 0 atom stereocenters. The van der Waals surface area contributed by atoms with Crippen molar-refractivity contribution in [1.29, 1.82) is 0 Å². The molecule has 1 aromatic carbocycles. The van der Waals surface area contributed by atoms with E-state index in [1.165, 1.54) is 83.1 Å². The summed E-state index contributed by atoms with van der Waals surface area (Å²) >= 11 is 0. The van der Waals surface area contributed by atoms with Gasteiger partial charge in [0, 0.05) is 0 Å². The van der Waals surface area contributed by atoms with Crippen LogP contribution in [0.25, 0.3) is 0 Å². The molecular weight excluding hydrogens is 462 g/mol. The molecule has 27 heavy (non-hydrogen) atoms. The van der Waals surface area contributed by atoms with Crippen LogP contribution in [0.1, 0.15) is 107 Å². The van der Waals surface area contributed by atoms with Gasteiger partial charge >= 0.3 is 54.9 Å². The van der Waals surface area contributed by atoms with Crippen LogP contribution in [0.15, 0.2) is 24.3 Å². The summed E-state index contributed by atoms with van der Waals surface area (Å²) in [4.78, 5) is 11.8. The van der Waals surface area contributed by atoms with Crippen LogP contribution in [0, 0.1) is 0 Å². The number of hydrogen-bond acceptors (Lipinski definition) is 3. The maximum atomic E-state index is 11.8. The van der Waals surface area contributed by atoms with Crippen LogP contribution < -0.4 is 0 Å². The third kappa shape index (κ3) is 14.7. The summed E-state index contributed by atoms with van der Waals surface area (Å²) in [5, 5.41) is 9.61. The fourth-order valence-corrected chi connectivity index (χ4v) is 3.19. The van der Waals surface area contributed by atoms with Gasteiger partial charge in [0.1, 0.15) is 11.3 Å². The molecule has 0 saturated carbocycles. The van der Waals surface area contributed by atoms with Crippen LogP contribution in [0.4, 0.5) is 0 Å². The average molecular weight is 502 g/mol. The molecule has 0 aliphatic rings. The second-order valence-corrected chi connectivity index (χ2v) is 7.25. The molecule has 1 N–H and O–H groups in total. The quantitative estimate of drug-likeness (QED) is 0.169. The second kappa shape index (κ2) is 19.4. The predicted octanol–water partition coefficient (Wildman–Crippen LogP) is 6.11. The zero-order valence-corrected chi connectivity index (χ0v) is 16.7. The summed E-state index contributed by atoms with van der Waals surface area (Å²) in [6.07, 6.45) is 18.3. The number of unbranched alkanes of at least 4 members (excludes halogenated alkanes) is 13. The van der Waals surface area contributed by atoms with Gasteiger partial charge in [-0.1, -0.05) is 103 Å². The third-order valence-electron chi connectivity index (χ3n) is 4.86. The molecule has 0 bridgehead atoms. The van der Waals surface area contributed by atoms with Crippen molar-refractivity contribution in [3.05, 3.63) is 29.8 Å². The summed E-state index contributed by atoms with van der Waals surface area (Å²) in [7, 11) is 0. The van der Waals surface area contributed by atoms with Gasteiger partial charge in [-0.2, -0.15) is 0 Å². The molecule has 0 amide bonds. The first-order valence-corrected chi connectivity index (χ1v) is 10.7. The van der Waals surface area contributed by atoms with E-state index < -0.39 is 5.97 Å². The number of carbonyl (C=O) groups excluding carboxylic acids is 1. The molecule has 0 radical (unpaired) electrons. The standard InChI is InChI=1S/C23H38O3.Ba.2H/c1-2-3-4-5-6-7-8-9-10-11-12-13-14-17-20-26-23(25)21-18-15-16-19-22(21)24;;;/h15-16,18-19,24H,2-14,17,20H2,1H3;;;. The van der Waals surface area contributed by atoms with E-state index in [1.54, 1.807) is 18.2 Å². The molecule has 0 unspecified atom stereocenters. The van der Waals surface area contributed by atoms with E-state index in [0.29, 0.717) is 6.61 Å². The Labute approximate surface area is 206 Å². The van der Waals surface area contributed by atoms with Crippen molar-refractivity contribution in [3.8, 4) is 5.75 Å². The number of aromatic hydroxyl groups is 1. The Bertz CT molecular complexity index is 476. The Morgan fingerprint density at radius 3 is 1.70 bits per heavy atom. The molecule has 0 aromatic heterocycles. The molecule has 0 aliphatic carbocycles. The van der Waals surface area contributed by atoms with Crippen molar-refractivity contribution < 1.29 is 14.6 Å². The monoisotopic (exact) mass is 502 g/mol. The fraction of sp³-hybridized carbons (Fsp3) is 0.696. The Kier molecular flexibility index (Phi) is 19.4. The maximum absolute atomic E-state index is 11.8. The number of para-hydroxylation sites is 1. The summed E-state index contributed by atoms with van der Waals surface area (Å²) in [6, 6.07) is 6.51. The zero-order valence-electron chi connectivity index (χ0n) is 16.7. The van der Waals surface area contributed by atoms with Gasteiger partial charge < -0.3 is 9.84 Å². The number of phenolic OH excluding ortho intramolecular Hbond substituents is 1. The first-order valence-electron chi connectivity index (χ1n) is 10.7. The number of hydrogen-bond donors (Lipinski definition) is 1. The average Bonchev–Trinajstić information content (AvgIpc) is 2.65. The van der Waals surface area contributed by atoms with Gasteiger partial charge in [-0.15, -0.1) is 0 Å². The molecule has 4 heteroatoms. The van der Waals surface area contributed by atoms with Gasteiger partial charge in [-0.25, -0.2) is 4.79 Å². The minimum atomic E-state index is -0.433. The van der Waals surface area contributed by atoms with Crippen LogP contribution in [-0.2, 0) is 4.74 Å². The van der Waals surface area contributed by atoms with Crippen molar-refractivity contribution in [3.63, 3.8) is 0 Å². The summed E-state index contributed by atoms with van der Waals surface area (Å²) in [6.45, 7) is 2.70. The number of esters is 1. The topological polar surface area (TPSA) is 46.5 Å². The van der Waals surface area contributed by atoms with Gasteiger partial charge in [0.05, 0.1) is 6.61 Å². The molecule has 0 aliphatic heterocycles. The molecule has 152 valence electrons. The van der Waals surface area contributed by atoms with Crippen molar-refractivity contribution in [2.45, 2.75) is 96.8 Å². The molecular formula is C23H40BaO3. The summed E-state index contributed by atoms with van der Waals surface area (Å²) in [5.74, 6) is -0.448. The molecule has 0 fully saturated rings. The van der Waals surface area contributed by atoms with Crippen molar-refractivity contribution in [2.75, 3.05) is 6.61 Å². The SMILES string of the molecule is CCCCCCCCCCCCCCCCOC(=O)c1ccccc1O.[BaH2]. The van der Waals surface area contributed by atoms with E-state index in [2.05, 4.69) is 6.92 Å². The van der Waals surface area contributed by atoms with Crippen LogP contribution in [0.5, 0.6) is 5.75 Å². The second-order valence-electron chi connectivity index (χ2n) is 7.25. The Balaban J connectivity index is 0.00000676. The van der Waals surface area contributed by atoms with E-state index in [0.717, 1.165) is 12.8 Å². The van der Waals surface area contributed by atoms with E-state index >= 15 is 0 Å². The molecule has 3 nitrogen and oxygen atoms in total. The van der Waals surface area contributed by atoms with Crippen molar-refractivity contribution in [2.24, 2.45) is 0 Å². The van der Waals surface area contributed by atoms with E-state index in [1.807, 2.05) is 0 Å². The van der Waals surface area contributed by atoms with Gasteiger partial charge in [0.2, 0.25) is 0 Å². The van der Waals surface area contributed by atoms with Crippen LogP contribution in [0.2, 0.25) is 0 Å². The first-order chi connectivity index (χ1) is 12.8. The van der Waals surface area contributed by atoms with Crippen LogP contribution in [-0.4, -0.2) is 66.6 Å². The molecule has 0 heterocycles. The van der Waals surface area contributed by atoms with Gasteiger partial charge in [0.15, 0.2) is 0 Å². The Morgan fingerprint density at radius 2 is 1.22 bits per heavy atom. The molecule has 0 saturated heterocycles. The molecule has 1 aromatic rings. The summed E-state index contributed by atoms with van der Waals surface area (Å²) in [5.41, 5.74) is 0.248. The van der Waals surface area contributed by atoms with Gasteiger partial charge in [-0.3, -0.25) is 0 Å². The van der Waals surface area contributed by atoms with Gasteiger partial charge in [0.25, 0.3) is 0 Å². The van der Waals surface area contributed by atoms with Gasteiger partial charge in [-0.05, 0) is 18.6 Å². The Morgan fingerprint density at radius 1 is 0.778 bits per heavy atom. The van der Waals surface area contributed by atoms with E-state index in [9.17, 15) is 9.90 Å². The zero-order chi connectivity index (χ0) is 18.9. The number of carbonyl (C=O) groups is 1. The van der Waals surface area contributed by atoms with Crippen LogP contribution in [0.3, 0.4) is 0 Å².